The topological polar surface area (TPSA) is 58.7 Å². The minimum Gasteiger partial charge on any atom is -0.379 e. The van der Waals surface area contributed by atoms with E-state index in [1.807, 2.05) is 4.90 Å². The molecule has 2 unspecified atom stereocenters. The third-order valence-corrected chi connectivity index (χ3v) is 5.50. The van der Waals surface area contributed by atoms with E-state index in [1.165, 1.54) is 37.4 Å². The molecule has 1 saturated heterocycles. The number of thioether (sulfide) groups is 1. The lowest BCUT2D eigenvalue weighted by Crippen LogP contribution is -2.48. The third kappa shape index (κ3) is 4.90. The average Bonchev–Trinajstić information content (AvgIpc) is 2.46. The molecule has 2 N–H and O–H groups in total. The van der Waals surface area contributed by atoms with Crippen molar-refractivity contribution >= 4 is 22.8 Å². The number of aliphatic imine (C=N–C) groups is 1. The predicted molar refractivity (Wildman–Crippen MR) is 90.6 cm³/mol. The Labute approximate surface area is 132 Å². The number of carbonyl (C=O) groups is 1. The van der Waals surface area contributed by atoms with Crippen LogP contribution in [0.1, 0.15) is 65.2 Å². The number of likely N-dealkylation sites (tertiary alicyclic amines) is 1. The van der Waals surface area contributed by atoms with E-state index in [0.29, 0.717) is 29.0 Å². The van der Waals surface area contributed by atoms with Gasteiger partial charge in [-0.15, -0.1) is 0 Å². The van der Waals surface area contributed by atoms with E-state index in [2.05, 4.69) is 18.8 Å². The maximum atomic E-state index is 12.4. The van der Waals surface area contributed by atoms with Crippen molar-refractivity contribution in [1.82, 2.24) is 4.90 Å². The summed E-state index contributed by atoms with van der Waals surface area (Å²) in [6, 6.07) is 1.10. The number of hydrogen-bond acceptors (Lipinski definition) is 3. The van der Waals surface area contributed by atoms with Gasteiger partial charge in [-0.3, -0.25) is 9.79 Å². The van der Waals surface area contributed by atoms with Gasteiger partial charge in [-0.1, -0.05) is 31.0 Å². The lowest BCUT2D eigenvalue weighted by atomic mass is 9.96. The maximum absolute atomic E-state index is 12.4. The highest BCUT2D eigenvalue weighted by atomic mass is 32.2. The van der Waals surface area contributed by atoms with Gasteiger partial charge in [-0.05, 0) is 46.0 Å². The number of amides is 1. The fourth-order valence-corrected chi connectivity index (χ4v) is 4.19. The van der Waals surface area contributed by atoms with Crippen LogP contribution in [0.25, 0.3) is 0 Å². The molecule has 2 rings (SSSR count). The maximum Gasteiger partial charge on any atom is 0.233 e. The van der Waals surface area contributed by atoms with Crippen LogP contribution in [0.4, 0.5) is 0 Å². The molecule has 0 bridgehead atoms. The van der Waals surface area contributed by atoms with Gasteiger partial charge < -0.3 is 10.6 Å². The second-order valence-electron chi connectivity index (χ2n) is 6.48. The van der Waals surface area contributed by atoms with E-state index >= 15 is 0 Å². The monoisotopic (exact) mass is 311 g/mol. The van der Waals surface area contributed by atoms with Crippen LogP contribution in [0.5, 0.6) is 0 Å². The van der Waals surface area contributed by atoms with Crippen molar-refractivity contribution in [3.8, 4) is 0 Å². The molecular weight excluding hydrogens is 282 g/mol. The first-order chi connectivity index (χ1) is 10.1. The van der Waals surface area contributed by atoms with E-state index in [9.17, 15) is 4.79 Å². The Morgan fingerprint density at radius 3 is 2.33 bits per heavy atom. The Bertz CT molecular complexity index is 370. The fourth-order valence-electron chi connectivity index (χ4n) is 3.55. The molecule has 1 amide bonds. The molecule has 0 aromatic rings. The van der Waals surface area contributed by atoms with Gasteiger partial charge in [0.1, 0.15) is 0 Å². The van der Waals surface area contributed by atoms with Crippen LogP contribution in [0, 0.1) is 0 Å². The van der Waals surface area contributed by atoms with Crippen molar-refractivity contribution in [2.75, 3.05) is 5.75 Å². The van der Waals surface area contributed by atoms with Gasteiger partial charge in [0.05, 0.1) is 11.8 Å². The quantitative estimate of drug-likeness (QED) is 0.643. The van der Waals surface area contributed by atoms with E-state index in [4.69, 9.17) is 5.73 Å². The number of amidine groups is 1. The smallest absolute Gasteiger partial charge is 0.233 e. The van der Waals surface area contributed by atoms with Crippen molar-refractivity contribution < 1.29 is 4.79 Å². The van der Waals surface area contributed by atoms with Gasteiger partial charge >= 0.3 is 0 Å². The van der Waals surface area contributed by atoms with Crippen molar-refractivity contribution in [2.45, 2.75) is 83.3 Å². The molecule has 2 fully saturated rings. The molecular formula is C16H29N3OS. The molecule has 0 radical (unpaired) electrons. The SMILES string of the molecule is CC1CCCC(C)N1C(=O)CSC(N)=NC1CCCCC1. The number of nitrogens with zero attached hydrogens (tertiary/aromatic N) is 2. The van der Waals surface area contributed by atoms with Gasteiger partial charge in [0.15, 0.2) is 5.17 Å². The van der Waals surface area contributed by atoms with Crippen LogP contribution in [0.15, 0.2) is 4.99 Å². The van der Waals surface area contributed by atoms with Gasteiger partial charge in [-0.2, -0.15) is 0 Å². The minimum atomic E-state index is 0.210. The van der Waals surface area contributed by atoms with Crippen LogP contribution in [-0.2, 0) is 4.79 Å². The zero-order valence-electron chi connectivity index (χ0n) is 13.4. The molecule has 2 atom stereocenters. The first kappa shape index (κ1) is 16.7. The molecule has 120 valence electrons. The zero-order valence-corrected chi connectivity index (χ0v) is 14.2. The molecule has 2 aliphatic rings. The second kappa shape index (κ2) is 8.06. The summed E-state index contributed by atoms with van der Waals surface area (Å²) in [7, 11) is 0. The van der Waals surface area contributed by atoms with E-state index in [1.54, 1.807) is 0 Å². The Kier molecular flexibility index (Phi) is 6.40. The summed E-state index contributed by atoms with van der Waals surface area (Å²) in [6.07, 6.45) is 9.60. The number of carbonyl (C=O) groups excluding carboxylic acids is 1. The summed E-state index contributed by atoms with van der Waals surface area (Å²) in [5.41, 5.74) is 5.99. The average molecular weight is 311 g/mol. The molecule has 0 spiro atoms. The van der Waals surface area contributed by atoms with Gasteiger partial charge in [0.2, 0.25) is 5.91 Å². The number of piperidine rings is 1. The highest BCUT2D eigenvalue weighted by Crippen LogP contribution is 2.24. The van der Waals surface area contributed by atoms with Crippen molar-refractivity contribution in [2.24, 2.45) is 10.7 Å². The molecule has 1 aliphatic carbocycles. The summed E-state index contributed by atoms with van der Waals surface area (Å²) in [4.78, 5) is 19.0. The predicted octanol–water partition coefficient (Wildman–Crippen LogP) is 3.16. The molecule has 1 aliphatic heterocycles. The Hall–Kier alpha value is -0.710. The lowest BCUT2D eigenvalue weighted by Gasteiger charge is -2.39. The van der Waals surface area contributed by atoms with E-state index in [-0.39, 0.29) is 5.91 Å². The van der Waals surface area contributed by atoms with E-state index in [0.717, 1.165) is 25.7 Å². The molecule has 1 saturated carbocycles. The second-order valence-corrected chi connectivity index (χ2v) is 7.47. The summed E-state index contributed by atoms with van der Waals surface area (Å²) in [5.74, 6) is 0.637. The number of nitrogens with two attached hydrogens (primary N) is 1. The van der Waals surface area contributed by atoms with E-state index < -0.39 is 0 Å². The molecule has 1 heterocycles. The zero-order chi connectivity index (χ0) is 15.2. The van der Waals surface area contributed by atoms with Crippen molar-refractivity contribution in [1.29, 1.82) is 0 Å². The fraction of sp³-hybridized carbons (Fsp3) is 0.875. The lowest BCUT2D eigenvalue weighted by molar-refractivity contribution is -0.134. The van der Waals surface area contributed by atoms with Crippen LogP contribution >= 0.6 is 11.8 Å². The largest absolute Gasteiger partial charge is 0.379 e. The Morgan fingerprint density at radius 2 is 1.71 bits per heavy atom. The molecule has 4 nitrogen and oxygen atoms in total. The molecule has 0 aromatic heterocycles. The van der Waals surface area contributed by atoms with Crippen molar-refractivity contribution in [3.05, 3.63) is 0 Å². The number of hydrogen-bond donors (Lipinski definition) is 1. The highest BCUT2D eigenvalue weighted by Gasteiger charge is 2.28. The van der Waals surface area contributed by atoms with Crippen LogP contribution in [-0.4, -0.2) is 39.9 Å². The Balaban J connectivity index is 1.80. The van der Waals surface area contributed by atoms with Gasteiger partial charge in [0.25, 0.3) is 0 Å². The minimum absolute atomic E-state index is 0.210. The van der Waals surface area contributed by atoms with Gasteiger partial charge in [-0.25, -0.2) is 0 Å². The van der Waals surface area contributed by atoms with Crippen LogP contribution in [0.2, 0.25) is 0 Å². The van der Waals surface area contributed by atoms with Crippen LogP contribution in [0.3, 0.4) is 0 Å². The molecule has 21 heavy (non-hydrogen) atoms. The van der Waals surface area contributed by atoms with Crippen molar-refractivity contribution in [3.63, 3.8) is 0 Å². The van der Waals surface area contributed by atoms with Gasteiger partial charge in [0, 0.05) is 12.1 Å². The molecule has 5 heteroatoms. The first-order valence-electron chi connectivity index (χ1n) is 8.35. The highest BCUT2D eigenvalue weighted by molar-refractivity contribution is 8.14. The normalized spacial score (nSPS) is 28.7. The summed E-state index contributed by atoms with van der Waals surface area (Å²) in [6.45, 7) is 4.30. The standard InChI is InChI=1S/C16H29N3OS/c1-12-7-6-8-13(2)19(12)15(20)11-21-16(17)18-14-9-4-3-5-10-14/h12-14H,3-11H2,1-2H3,(H2,17,18). The molecule has 0 aromatic carbocycles. The first-order valence-corrected chi connectivity index (χ1v) is 9.33. The third-order valence-electron chi connectivity index (χ3n) is 4.71. The number of rotatable bonds is 3. The Morgan fingerprint density at radius 1 is 1.10 bits per heavy atom. The summed E-state index contributed by atoms with van der Waals surface area (Å²) >= 11 is 1.41. The summed E-state index contributed by atoms with van der Waals surface area (Å²) in [5, 5.41) is 0.590. The summed E-state index contributed by atoms with van der Waals surface area (Å²) < 4.78 is 0. The van der Waals surface area contributed by atoms with Crippen LogP contribution < -0.4 is 5.73 Å².